The summed E-state index contributed by atoms with van der Waals surface area (Å²) in [5.74, 6) is 0.939. The molecule has 0 saturated carbocycles. The average Bonchev–Trinajstić information content (AvgIpc) is 3.21. The number of nitrogens with zero attached hydrogens (tertiary/aromatic N) is 3. The Morgan fingerprint density at radius 2 is 1.72 bits per heavy atom. The standard InChI is InChI=1S/C22H26Cl2N4O/c1-15-20(22(29)27-12-6-4-2-3-5-7-13-27)21(28-19(26-15)10-11-25-28)16-8-9-17(23)18(24)14-16/h8-11,14,21,26H,2-7,12-13H2,1H3. The van der Waals surface area contributed by atoms with E-state index in [1.165, 1.54) is 25.7 Å². The molecule has 1 saturated heterocycles. The van der Waals surface area contributed by atoms with Crippen LogP contribution in [0.4, 0.5) is 5.82 Å². The maximum absolute atomic E-state index is 13.7. The van der Waals surface area contributed by atoms with Crippen LogP contribution in [0.3, 0.4) is 0 Å². The molecule has 154 valence electrons. The monoisotopic (exact) mass is 432 g/mol. The summed E-state index contributed by atoms with van der Waals surface area (Å²) in [4.78, 5) is 15.8. The van der Waals surface area contributed by atoms with Crippen LogP contribution in [-0.4, -0.2) is 33.7 Å². The van der Waals surface area contributed by atoms with Crippen molar-refractivity contribution in [3.05, 3.63) is 57.3 Å². The summed E-state index contributed by atoms with van der Waals surface area (Å²) in [7, 11) is 0. The van der Waals surface area contributed by atoms with Crippen molar-refractivity contribution < 1.29 is 4.79 Å². The molecule has 29 heavy (non-hydrogen) atoms. The van der Waals surface area contributed by atoms with E-state index >= 15 is 0 Å². The third kappa shape index (κ3) is 4.17. The topological polar surface area (TPSA) is 50.2 Å². The van der Waals surface area contributed by atoms with Crippen LogP contribution < -0.4 is 5.32 Å². The predicted molar refractivity (Wildman–Crippen MR) is 117 cm³/mol. The third-order valence-electron chi connectivity index (χ3n) is 5.79. The van der Waals surface area contributed by atoms with Crippen molar-refractivity contribution in [1.29, 1.82) is 0 Å². The molecule has 0 spiro atoms. The van der Waals surface area contributed by atoms with Gasteiger partial charge in [0.2, 0.25) is 0 Å². The molecule has 0 radical (unpaired) electrons. The number of allylic oxidation sites excluding steroid dienone is 1. The van der Waals surface area contributed by atoms with Crippen LogP contribution in [0, 0.1) is 0 Å². The van der Waals surface area contributed by atoms with Gasteiger partial charge >= 0.3 is 0 Å². The molecule has 1 amide bonds. The van der Waals surface area contributed by atoms with Gasteiger partial charge in [0.15, 0.2) is 0 Å². The first-order valence-electron chi connectivity index (χ1n) is 10.3. The summed E-state index contributed by atoms with van der Waals surface area (Å²) in [6.45, 7) is 3.57. The van der Waals surface area contributed by atoms with E-state index in [0.29, 0.717) is 10.0 Å². The van der Waals surface area contributed by atoms with E-state index in [1.807, 2.05) is 34.7 Å². The van der Waals surface area contributed by atoms with Crippen LogP contribution >= 0.6 is 23.2 Å². The van der Waals surface area contributed by atoms with E-state index < -0.39 is 0 Å². The van der Waals surface area contributed by atoms with Crippen molar-refractivity contribution in [3.8, 4) is 0 Å². The summed E-state index contributed by atoms with van der Waals surface area (Å²) in [6, 6.07) is 7.12. The highest BCUT2D eigenvalue weighted by Gasteiger charge is 2.35. The van der Waals surface area contributed by atoms with Crippen LogP contribution in [0.2, 0.25) is 10.0 Å². The van der Waals surface area contributed by atoms with Crippen molar-refractivity contribution >= 4 is 34.9 Å². The second-order valence-corrected chi connectivity index (χ2v) is 8.63. The van der Waals surface area contributed by atoms with E-state index in [9.17, 15) is 4.79 Å². The summed E-state index contributed by atoms with van der Waals surface area (Å²) in [6.07, 6.45) is 8.72. The fourth-order valence-corrected chi connectivity index (χ4v) is 4.58. The Morgan fingerprint density at radius 1 is 1.03 bits per heavy atom. The number of nitrogens with one attached hydrogen (secondary N) is 1. The lowest BCUT2D eigenvalue weighted by molar-refractivity contribution is -0.127. The predicted octanol–water partition coefficient (Wildman–Crippen LogP) is 5.66. The molecule has 1 fully saturated rings. The first-order chi connectivity index (χ1) is 14.1. The van der Waals surface area contributed by atoms with E-state index in [4.69, 9.17) is 23.2 Å². The van der Waals surface area contributed by atoms with Crippen LogP contribution in [0.1, 0.15) is 57.1 Å². The maximum Gasteiger partial charge on any atom is 0.254 e. The first-order valence-corrected chi connectivity index (χ1v) is 11.1. The molecule has 1 atom stereocenters. The quantitative estimate of drug-likeness (QED) is 0.665. The normalized spacial score (nSPS) is 20.4. The molecule has 2 aromatic rings. The molecule has 1 unspecified atom stereocenters. The molecule has 5 nitrogen and oxygen atoms in total. The Hall–Kier alpha value is -1.98. The van der Waals surface area contributed by atoms with E-state index in [0.717, 1.165) is 48.6 Å². The largest absolute Gasteiger partial charge is 0.344 e. The molecule has 3 heterocycles. The van der Waals surface area contributed by atoms with Crippen molar-refractivity contribution in [2.24, 2.45) is 0 Å². The second kappa shape index (κ2) is 8.80. The van der Waals surface area contributed by atoms with Gasteiger partial charge < -0.3 is 10.2 Å². The Kier molecular flexibility index (Phi) is 6.16. The summed E-state index contributed by atoms with van der Waals surface area (Å²) >= 11 is 12.5. The number of rotatable bonds is 2. The number of hydrogen-bond acceptors (Lipinski definition) is 3. The van der Waals surface area contributed by atoms with Crippen molar-refractivity contribution in [3.63, 3.8) is 0 Å². The minimum Gasteiger partial charge on any atom is -0.344 e. The minimum atomic E-state index is -0.337. The zero-order valence-corrected chi connectivity index (χ0v) is 18.1. The Labute approximate surface area is 181 Å². The Balaban J connectivity index is 1.74. The van der Waals surface area contributed by atoms with Crippen molar-refractivity contribution in [2.45, 2.75) is 51.5 Å². The molecule has 0 bridgehead atoms. The van der Waals surface area contributed by atoms with Crippen molar-refractivity contribution in [2.75, 3.05) is 18.4 Å². The highest BCUT2D eigenvalue weighted by molar-refractivity contribution is 6.42. The SMILES string of the molecule is CC1=C(C(=O)N2CCCCCCCC2)C(c2ccc(Cl)c(Cl)c2)n2nccc2N1. The van der Waals surface area contributed by atoms with Gasteiger partial charge in [0.25, 0.3) is 5.91 Å². The molecule has 1 N–H and O–H groups in total. The molecule has 4 rings (SSSR count). The van der Waals surface area contributed by atoms with Gasteiger partial charge in [-0.2, -0.15) is 5.10 Å². The van der Waals surface area contributed by atoms with Gasteiger partial charge in [-0.3, -0.25) is 4.79 Å². The lowest BCUT2D eigenvalue weighted by atomic mass is 9.94. The lowest BCUT2D eigenvalue weighted by Gasteiger charge is -2.33. The molecule has 0 aliphatic carbocycles. The number of carbonyl (C=O) groups is 1. The highest BCUT2D eigenvalue weighted by atomic mass is 35.5. The molecular formula is C22H26Cl2N4O. The van der Waals surface area contributed by atoms with E-state index in [-0.39, 0.29) is 11.9 Å². The number of benzene rings is 1. The number of carbonyl (C=O) groups excluding carboxylic acids is 1. The molecule has 2 aliphatic rings. The highest BCUT2D eigenvalue weighted by Crippen LogP contribution is 2.38. The number of anilines is 1. The van der Waals surface area contributed by atoms with Gasteiger partial charge in [0.05, 0.1) is 21.8 Å². The van der Waals surface area contributed by atoms with Crippen LogP contribution in [-0.2, 0) is 4.79 Å². The smallest absolute Gasteiger partial charge is 0.254 e. The maximum atomic E-state index is 13.7. The van der Waals surface area contributed by atoms with Gasteiger partial charge in [-0.05, 0) is 37.5 Å². The van der Waals surface area contributed by atoms with E-state index in [2.05, 4.69) is 10.4 Å². The summed E-state index contributed by atoms with van der Waals surface area (Å²) < 4.78 is 1.86. The minimum absolute atomic E-state index is 0.0779. The average molecular weight is 433 g/mol. The second-order valence-electron chi connectivity index (χ2n) is 7.81. The van der Waals surface area contributed by atoms with Gasteiger partial charge in [-0.15, -0.1) is 0 Å². The molecule has 2 aliphatic heterocycles. The molecule has 1 aromatic heterocycles. The van der Waals surface area contributed by atoms with Gasteiger partial charge in [-0.25, -0.2) is 4.68 Å². The molecule has 7 heteroatoms. The number of halogens is 2. The fourth-order valence-electron chi connectivity index (χ4n) is 4.27. The first kappa shape index (κ1) is 20.3. The Bertz CT molecular complexity index is 927. The van der Waals surface area contributed by atoms with Crippen LogP contribution in [0.15, 0.2) is 41.7 Å². The summed E-state index contributed by atoms with van der Waals surface area (Å²) in [5.41, 5.74) is 2.48. The fraction of sp³-hybridized carbons (Fsp3) is 0.455. The third-order valence-corrected chi connectivity index (χ3v) is 6.53. The van der Waals surface area contributed by atoms with Gasteiger partial charge in [0.1, 0.15) is 11.9 Å². The zero-order chi connectivity index (χ0) is 20.4. The molecule has 1 aromatic carbocycles. The van der Waals surface area contributed by atoms with Crippen LogP contribution in [0.25, 0.3) is 0 Å². The van der Waals surface area contributed by atoms with Crippen LogP contribution in [0.5, 0.6) is 0 Å². The van der Waals surface area contributed by atoms with Gasteiger partial charge in [-0.1, -0.05) is 55.0 Å². The lowest BCUT2D eigenvalue weighted by Crippen LogP contribution is -2.39. The summed E-state index contributed by atoms with van der Waals surface area (Å²) in [5, 5.41) is 8.82. The molecular weight excluding hydrogens is 407 g/mol. The van der Waals surface area contributed by atoms with E-state index in [1.54, 1.807) is 12.3 Å². The number of amides is 1. The number of fused-ring (bicyclic) bond motifs is 1. The number of hydrogen-bond donors (Lipinski definition) is 1. The van der Waals surface area contributed by atoms with Crippen molar-refractivity contribution in [1.82, 2.24) is 14.7 Å². The number of aromatic nitrogens is 2. The van der Waals surface area contributed by atoms with Gasteiger partial charge in [0, 0.05) is 24.9 Å². The Morgan fingerprint density at radius 3 is 2.41 bits per heavy atom. The zero-order valence-electron chi connectivity index (χ0n) is 16.6.